The van der Waals surface area contributed by atoms with E-state index in [1.54, 1.807) is 0 Å². The van der Waals surface area contributed by atoms with Crippen LogP contribution < -0.4 is 0 Å². The average Bonchev–Trinajstić information content (AvgIpc) is 2.72. The fourth-order valence-corrected chi connectivity index (χ4v) is 4.26. The molecule has 0 saturated carbocycles. The van der Waals surface area contributed by atoms with Crippen molar-refractivity contribution in [2.24, 2.45) is 0 Å². The second-order valence-corrected chi connectivity index (χ2v) is 7.89. The molecule has 1 aliphatic rings. The summed E-state index contributed by atoms with van der Waals surface area (Å²) < 4.78 is 26.0. The molecule has 3 rings (SSSR count). The third-order valence-electron chi connectivity index (χ3n) is 3.45. The number of imidazole rings is 1. The summed E-state index contributed by atoms with van der Waals surface area (Å²) in [5.41, 5.74) is 2.01. The Morgan fingerprint density at radius 3 is 2.72 bits per heavy atom. The monoisotopic (exact) mass is 328 g/mol. The molecule has 0 bridgehead atoms. The number of benzene rings is 1. The summed E-state index contributed by atoms with van der Waals surface area (Å²) in [5.74, 6) is 0.566. The van der Waals surface area contributed by atoms with Gasteiger partial charge in [-0.25, -0.2) is 13.4 Å². The van der Waals surface area contributed by atoms with Crippen LogP contribution in [0.5, 0.6) is 0 Å². The van der Waals surface area contributed by atoms with Gasteiger partial charge in [-0.05, 0) is 31.0 Å². The lowest BCUT2D eigenvalue weighted by molar-refractivity contribution is 0.459. The Labute approximate surface area is 114 Å². The van der Waals surface area contributed by atoms with Crippen molar-refractivity contribution in [3.63, 3.8) is 0 Å². The van der Waals surface area contributed by atoms with E-state index in [2.05, 4.69) is 25.5 Å². The molecule has 0 spiro atoms. The van der Waals surface area contributed by atoms with E-state index in [4.69, 9.17) is 0 Å². The lowest BCUT2D eigenvalue weighted by atomic mass is 10.1. The van der Waals surface area contributed by atoms with Crippen molar-refractivity contribution >= 4 is 36.8 Å². The standard InChI is InChI=1S/C12H13BrN2O2S/c13-9-1-2-11-12(7-9)15(8-14-11)10-3-5-18(16,17)6-4-10/h1-2,7-8,10H,3-6H2. The molecule has 4 nitrogen and oxygen atoms in total. The third kappa shape index (κ3) is 2.19. The Kier molecular flexibility index (Phi) is 2.94. The van der Waals surface area contributed by atoms with Gasteiger partial charge in [-0.3, -0.25) is 0 Å². The molecule has 0 unspecified atom stereocenters. The number of halogens is 1. The highest BCUT2D eigenvalue weighted by Gasteiger charge is 2.25. The van der Waals surface area contributed by atoms with Crippen LogP contribution >= 0.6 is 15.9 Å². The van der Waals surface area contributed by atoms with Gasteiger partial charge in [0.15, 0.2) is 0 Å². The Hall–Kier alpha value is -0.880. The highest BCUT2D eigenvalue weighted by atomic mass is 79.9. The zero-order valence-corrected chi connectivity index (χ0v) is 12.1. The lowest BCUT2D eigenvalue weighted by Gasteiger charge is -2.23. The fraction of sp³-hybridized carbons (Fsp3) is 0.417. The molecule has 0 amide bonds. The van der Waals surface area contributed by atoms with Gasteiger partial charge in [0.25, 0.3) is 0 Å². The van der Waals surface area contributed by atoms with E-state index in [1.807, 2.05) is 24.5 Å². The summed E-state index contributed by atoms with van der Waals surface area (Å²) in [6.07, 6.45) is 3.18. The predicted molar refractivity (Wildman–Crippen MR) is 74.4 cm³/mol. The third-order valence-corrected chi connectivity index (χ3v) is 5.66. The molecule has 1 fully saturated rings. The molecule has 0 aliphatic carbocycles. The first kappa shape index (κ1) is 12.2. The van der Waals surface area contributed by atoms with Crippen LogP contribution in [-0.2, 0) is 9.84 Å². The normalized spacial score (nSPS) is 20.3. The lowest BCUT2D eigenvalue weighted by Crippen LogP contribution is -2.25. The van der Waals surface area contributed by atoms with Crippen molar-refractivity contribution in [1.82, 2.24) is 9.55 Å². The molecule has 0 radical (unpaired) electrons. The number of sulfone groups is 1. The van der Waals surface area contributed by atoms with Gasteiger partial charge in [0.2, 0.25) is 0 Å². The first-order chi connectivity index (χ1) is 8.55. The Morgan fingerprint density at radius 1 is 1.28 bits per heavy atom. The SMILES string of the molecule is O=S1(=O)CCC(n2cnc3ccc(Br)cc32)CC1. The van der Waals surface area contributed by atoms with Gasteiger partial charge in [-0.1, -0.05) is 15.9 Å². The van der Waals surface area contributed by atoms with E-state index < -0.39 is 9.84 Å². The highest BCUT2D eigenvalue weighted by Crippen LogP contribution is 2.28. The minimum atomic E-state index is -2.81. The van der Waals surface area contributed by atoms with Crippen molar-refractivity contribution in [1.29, 1.82) is 0 Å². The van der Waals surface area contributed by atoms with Crippen molar-refractivity contribution in [3.05, 3.63) is 29.0 Å². The number of hydrogen-bond acceptors (Lipinski definition) is 3. The summed E-state index contributed by atoms with van der Waals surface area (Å²) in [5, 5.41) is 0. The molecule has 0 N–H and O–H groups in total. The number of nitrogens with zero attached hydrogens (tertiary/aromatic N) is 2. The van der Waals surface area contributed by atoms with Crippen LogP contribution in [0.1, 0.15) is 18.9 Å². The largest absolute Gasteiger partial charge is 0.327 e. The Morgan fingerprint density at radius 2 is 2.00 bits per heavy atom. The minimum Gasteiger partial charge on any atom is -0.327 e. The van der Waals surface area contributed by atoms with Crippen molar-refractivity contribution in [3.8, 4) is 0 Å². The molecule has 18 heavy (non-hydrogen) atoms. The second kappa shape index (κ2) is 4.35. The predicted octanol–water partition coefficient (Wildman–Crippen LogP) is 2.55. The van der Waals surface area contributed by atoms with Gasteiger partial charge < -0.3 is 4.57 Å². The molecule has 1 aromatic carbocycles. The molecule has 2 aromatic rings. The maximum Gasteiger partial charge on any atom is 0.150 e. The maximum absolute atomic E-state index is 11.5. The number of aromatic nitrogens is 2. The highest BCUT2D eigenvalue weighted by molar-refractivity contribution is 9.10. The molecule has 6 heteroatoms. The van der Waals surface area contributed by atoms with Crippen LogP contribution in [0.25, 0.3) is 11.0 Å². The Balaban J connectivity index is 1.98. The van der Waals surface area contributed by atoms with Crippen LogP contribution in [-0.4, -0.2) is 29.5 Å². The zero-order chi connectivity index (χ0) is 12.8. The van der Waals surface area contributed by atoms with Crippen molar-refractivity contribution < 1.29 is 8.42 Å². The summed E-state index contributed by atoms with van der Waals surface area (Å²) in [7, 11) is -2.81. The summed E-state index contributed by atoms with van der Waals surface area (Å²) in [6.45, 7) is 0. The van der Waals surface area contributed by atoms with Crippen LogP contribution in [0.15, 0.2) is 29.0 Å². The zero-order valence-electron chi connectivity index (χ0n) is 9.71. The van der Waals surface area contributed by atoms with Crippen molar-refractivity contribution in [2.45, 2.75) is 18.9 Å². The molecule has 1 saturated heterocycles. The van der Waals surface area contributed by atoms with E-state index in [0.717, 1.165) is 15.5 Å². The van der Waals surface area contributed by atoms with Gasteiger partial charge in [0, 0.05) is 10.5 Å². The van der Waals surface area contributed by atoms with Gasteiger partial charge in [0.1, 0.15) is 9.84 Å². The molecular weight excluding hydrogens is 316 g/mol. The van der Waals surface area contributed by atoms with Gasteiger partial charge in [-0.15, -0.1) is 0 Å². The van der Waals surface area contributed by atoms with Gasteiger partial charge >= 0.3 is 0 Å². The van der Waals surface area contributed by atoms with Gasteiger partial charge in [-0.2, -0.15) is 0 Å². The van der Waals surface area contributed by atoms with Crippen LogP contribution in [0.2, 0.25) is 0 Å². The molecule has 0 atom stereocenters. The fourth-order valence-electron chi connectivity index (χ4n) is 2.45. The van der Waals surface area contributed by atoms with E-state index in [1.165, 1.54) is 0 Å². The summed E-state index contributed by atoms with van der Waals surface area (Å²) >= 11 is 3.46. The van der Waals surface area contributed by atoms with E-state index in [9.17, 15) is 8.42 Å². The summed E-state index contributed by atoms with van der Waals surface area (Å²) in [6, 6.07) is 6.21. The average molecular weight is 329 g/mol. The number of fused-ring (bicyclic) bond motifs is 1. The van der Waals surface area contributed by atoms with Crippen molar-refractivity contribution in [2.75, 3.05) is 11.5 Å². The van der Waals surface area contributed by atoms with Crippen LogP contribution in [0.3, 0.4) is 0 Å². The van der Waals surface area contributed by atoms with Gasteiger partial charge in [0.05, 0.1) is 28.9 Å². The summed E-state index contributed by atoms with van der Waals surface area (Å²) in [4.78, 5) is 4.36. The first-order valence-electron chi connectivity index (χ1n) is 5.88. The molecular formula is C12H13BrN2O2S. The molecule has 96 valence electrons. The smallest absolute Gasteiger partial charge is 0.150 e. The van der Waals surface area contributed by atoms with E-state index >= 15 is 0 Å². The van der Waals surface area contributed by atoms with Crippen LogP contribution in [0, 0.1) is 0 Å². The quantitative estimate of drug-likeness (QED) is 0.808. The molecule has 1 aromatic heterocycles. The number of hydrogen-bond donors (Lipinski definition) is 0. The molecule has 1 aliphatic heterocycles. The first-order valence-corrected chi connectivity index (χ1v) is 8.49. The number of rotatable bonds is 1. The van der Waals surface area contributed by atoms with Crippen LogP contribution in [0.4, 0.5) is 0 Å². The van der Waals surface area contributed by atoms with E-state index in [0.29, 0.717) is 12.8 Å². The molecule has 2 heterocycles. The minimum absolute atomic E-state index is 0.243. The Bertz CT molecular complexity index is 679. The topological polar surface area (TPSA) is 52.0 Å². The second-order valence-electron chi connectivity index (χ2n) is 4.67. The maximum atomic E-state index is 11.5. The van der Waals surface area contributed by atoms with E-state index in [-0.39, 0.29) is 17.5 Å².